The van der Waals surface area contributed by atoms with Crippen molar-refractivity contribution < 1.29 is 9.63 Å². The van der Waals surface area contributed by atoms with Crippen molar-refractivity contribution in [3.05, 3.63) is 65.1 Å². The van der Waals surface area contributed by atoms with Crippen molar-refractivity contribution in [2.75, 3.05) is 6.61 Å². The Balaban J connectivity index is 1.20. The van der Waals surface area contributed by atoms with E-state index in [9.17, 15) is 10.1 Å². The Morgan fingerprint density at radius 2 is 2.03 bits per heavy atom. The molecule has 164 valence electrons. The van der Waals surface area contributed by atoms with Crippen LogP contribution in [0.1, 0.15) is 60.7 Å². The van der Waals surface area contributed by atoms with Gasteiger partial charge in [-0.1, -0.05) is 12.1 Å². The van der Waals surface area contributed by atoms with E-state index in [1.165, 1.54) is 5.56 Å². The first kappa shape index (κ1) is 20.7. The molecule has 0 spiro atoms. The van der Waals surface area contributed by atoms with E-state index in [1.54, 1.807) is 11.1 Å². The number of aryl methyl sites for hydroxylation is 1. The van der Waals surface area contributed by atoms with Crippen LogP contribution in [0.15, 0.2) is 42.6 Å². The van der Waals surface area contributed by atoms with Crippen LogP contribution in [0.3, 0.4) is 0 Å². The molecule has 1 aliphatic carbocycles. The van der Waals surface area contributed by atoms with Crippen LogP contribution in [0.5, 0.6) is 0 Å². The van der Waals surface area contributed by atoms with Gasteiger partial charge < -0.3 is 0 Å². The van der Waals surface area contributed by atoms with Gasteiger partial charge in [0.05, 0.1) is 24.3 Å². The SMILES string of the molecule is Cc1nc2cc(C[C@H]3CC[C@H](C(=O)N4OCC[C@H]4c4cccc(C#N)c4)CC3)ccn2n1. The van der Waals surface area contributed by atoms with Crippen LogP contribution in [-0.2, 0) is 16.1 Å². The molecular weight excluding hydrogens is 402 g/mol. The molecule has 0 unspecified atom stereocenters. The number of carbonyl (C=O) groups excluding carboxylic acids is 1. The monoisotopic (exact) mass is 429 g/mol. The summed E-state index contributed by atoms with van der Waals surface area (Å²) in [5, 5.41) is 15.1. The molecule has 7 heteroatoms. The minimum Gasteiger partial charge on any atom is -0.272 e. The van der Waals surface area contributed by atoms with Crippen LogP contribution in [0.25, 0.3) is 5.65 Å². The molecule has 1 aromatic carbocycles. The Bertz CT molecular complexity index is 1170. The van der Waals surface area contributed by atoms with Crippen LogP contribution < -0.4 is 0 Å². The standard InChI is InChI=1S/C25H27N5O2/c1-17-27-24-15-19(9-11-29(24)28-17)13-18-5-7-21(8-6-18)25(31)30-23(10-12-32-30)22-4-2-3-20(14-22)16-26/h2-4,9,11,14-15,18,21,23H,5-8,10,12-13H2,1H3/t18-,21-,23-/m0/s1. The highest BCUT2D eigenvalue weighted by atomic mass is 16.7. The van der Waals surface area contributed by atoms with Gasteiger partial charge in [0.15, 0.2) is 5.65 Å². The Labute approximate surface area is 187 Å². The van der Waals surface area contributed by atoms with Gasteiger partial charge in [0.2, 0.25) is 5.91 Å². The Morgan fingerprint density at radius 3 is 2.84 bits per heavy atom. The summed E-state index contributed by atoms with van der Waals surface area (Å²) in [5.41, 5.74) is 3.76. The first-order chi connectivity index (χ1) is 15.6. The zero-order chi connectivity index (χ0) is 22.1. The molecule has 2 fully saturated rings. The van der Waals surface area contributed by atoms with Gasteiger partial charge in [-0.2, -0.15) is 10.4 Å². The zero-order valence-electron chi connectivity index (χ0n) is 18.3. The number of hydroxylamine groups is 2. The molecule has 1 saturated carbocycles. The van der Waals surface area contributed by atoms with Crippen molar-refractivity contribution in [1.29, 1.82) is 5.26 Å². The van der Waals surface area contributed by atoms with Gasteiger partial charge in [-0.15, -0.1) is 0 Å². The van der Waals surface area contributed by atoms with Crippen molar-refractivity contribution >= 4 is 11.6 Å². The summed E-state index contributed by atoms with van der Waals surface area (Å²) in [6.07, 6.45) is 7.60. The van der Waals surface area contributed by atoms with Gasteiger partial charge in [-0.25, -0.2) is 14.6 Å². The highest BCUT2D eigenvalue weighted by Gasteiger charge is 2.37. The van der Waals surface area contributed by atoms with E-state index in [0.29, 0.717) is 18.1 Å². The van der Waals surface area contributed by atoms with E-state index < -0.39 is 0 Å². The lowest BCUT2D eigenvalue weighted by Gasteiger charge is -2.32. The van der Waals surface area contributed by atoms with Crippen LogP contribution in [0.4, 0.5) is 0 Å². The molecule has 32 heavy (non-hydrogen) atoms. The van der Waals surface area contributed by atoms with Crippen LogP contribution in [0.2, 0.25) is 0 Å². The third kappa shape index (κ3) is 4.11. The Hall–Kier alpha value is -3.24. The first-order valence-electron chi connectivity index (χ1n) is 11.4. The number of benzene rings is 1. The summed E-state index contributed by atoms with van der Waals surface area (Å²) in [5.74, 6) is 1.46. The topological polar surface area (TPSA) is 83.5 Å². The molecule has 7 nitrogen and oxygen atoms in total. The largest absolute Gasteiger partial charge is 0.272 e. The summed E-state index contributed by atoms with van der Waals surface area (Å²) in [7, 11) is 0. The second-order valence-corrected chi connectivity index (χ2v) is 8.96. The minimum atomic E-state index is -0.105. The second kappa shape index (κ2) is 8.71. The highest BCUT2D eigenvalue weighted by Crippen LogP contribution is 2.37. The Morgan fingerprint density at radius 1 is 1.19 bits per heavy atom. The van der Waals surface area contributed by atoms with Gasteiger partial charge in [0, 0.05) is 18.5 Å². The van der Waals surface area contributed by atoms with Crippen molar-refractivity contribution in [2.45, 2.75) is 51.5 Å². The van der Waals surface area contributed by atoms with Gasteiger partial charge in [-0.05, 0) is 80.3 Å². The molecule has 5 rings (SSSR count). The molecule has 2 aromatic heterocycles. The van der Waals surface area contributed by atoms with Crippen molar-refractivity contribution in [3.63, 3.8) is 0 Å². The van der Waals surface area contributed by atoms with Gasteiger partial charge in [0.1, 0.15) is 5.82 Å². The Kier molecular flexibility index (Phi) is 5.62. The lowest BCUT2D eigenvalue weighted by Crippen LogP contribution is -2.36. The summed E-state index contributed by atoms with van der Waals surface area (Å²) < 4.78 is 1.81. The molecule has 2 aliphatic rings. The molecular formula is C25H27N5O2. The van der Waals surface area contributed by atoms with Crippen LogP contribution in [-0.4, -0.2) is 32.2 Å². The third-order valence-corrected chi connectivity index (χ3v) is 6.75. The van der Waals surface area contributed by atoms with E-state index in [1.807, 2.05) is 35.8 Å². The van der Waals surface area contributed by atoms with E-state index in [4.69, 9.17) is 4.84 Å². The zero-order valence-corrected chi connectivity index (χ0v) is 18.3. The fourth-order valence-corrected chi connectivity index (χ4v) is 5.09. The number of aromatic nitrogens is 3. The average molecular weight is 430 g/mol. The van der Waals surface area contributed by atoms with Crippen molar-refractivity contribution in [3.8, 4) is 6.07 Å². The van der Waals surface area contributed by atoms with Crippen LogP contribution in [0, 0.1) is 30.1 Å². The van der Waals surface area contributed by atoms with Crippen LogP contribution >= 0.6 is 0 Å². The highest BCUT2D eigenvalue weighted by molar-refractivity contribution is 5.78. The maximum atomic E-state index is 13.3. The molecule has 1 aliphatic heterocycles. The number of hydrogen-bond donors (Lipinski definition) is 0. The summed E-state index contributed by atoms with van der Waals surface area (Å²) in [4.78, 5) is 23.5. The molecule has 1 atom stereocenters. The van der Waals surface area contributed by atoms with Crippen molar-refractivity contribution in [2.24, 2.45) is 11.8 Å². The first-order valence-corrected chi connectivity index (χ1v) is 11.4. The number of hydrogen-bond acceptors (Lipinski definition) is 5. The fraction of sp³-hybridized carbons (Fsp3) is 0.440. The van der Waals surface area contributed by atoms with E-state index in [-0.39, 0.29) is 17.9 Å². The summed E-state index contributed by atoms with van der Waals surface area (Å²) in [6, 6.07) is 13.8. The van der Waals surface area contributed by atoms with E-state index in [2.05, 4.69) is 28.3 Å². The number of rotatable bonds is 4. The molecule has 0 radical (unpaired) electrons. The molecule has 1 amide bonds. The van der Waals surface area contributed by atoms with Gasteiger partial charge in [-0.3, -0.25) is 9.63 Å². The molecule has 0 bridgehead atoms. The third-order valence-electron chi connectivity index (χ3n) is 6.75. The predicted molar refractivity (Wildman–Crippen MR) is 118 cm³/mol. The van der Waals surface area contributed by atoms with E-state index in [0.717, 1.165) is 55.6 Å². The maximum Gasteiger partial charge on any atom is 0.249 e. The smallest absolute Gasteiger partial charge is 0.249 e. The second-order valence-electron chi connectivity index (χ2n) is 8.96. The predicted octanol–water partition coefficient (Wildman–Crippen LogP) is 4.16. The maximum absolute atomic E-state index is 13.3. The number of nitrogens with zero attached hydrogens (tertiary/aromatic N) is 5. The summed E-state index contributed by atoms with van der Waals surface area (Å²) >= 11 is 0. The summed E-state index contributed by atoms with van der Waals surface area (Å²) in [6.45, 7) is 2.44. The van der Waals surface area contributed by atoms with E-state index >= 15 is 0 Å². The number of pyridine rings is 1. The lowest BCUT2D eigenvalue weighted by atomic mass is 9.79. The molecule has 3 aromatic rings. The quantitative estimate of drug-likeness (QED) is 0.622. The molecule has 0 N–H and O–H groups in total. The van der Waals surface area contributed by atoms with Crippen molar-refractivity contribution in [1.82, 2.24) is 19.7 Å². The molecule has 1 saturated heterocycles. The minimum absolute atomic E-state index is 0.00706. The average Bonchev–Trinajstić information content (AvgIpc) is 3.45. The number of nitriles is 1. The number of carbonyl (C=O) groups is 1. The van der Waals surface area contributed by atoms with Gasteiger partial charge in [0.25, 0.3) is 0 Å². The number of fused-ring (bicyclic) bond motifs is 1. The van der Waals surface area contributed by atoms with Gasteiger partial charge >= 0.3 is 0 Å². The number of amides is 1. The normalized spacial score (nSPS) is 23.4. The lowest BCUT2D eigenvalue weighted by molar-refractivity contribution is -0.183. The molecule has 3 heterocycles. The fourth-order valence-electron chi connectivity index (χ4n) is 5.09.